The van der Waals surface area contributed by atoms with Gasteiger partial charge >= 0.3 is 7.12 Å². The molecule has 8 heteroatoms. The van der Waals surface area contributed by atoms with Crippen molar-refractivity contribution < 1.29 is 23.0 Å². The van der Waals surface area contributed by atoms with Gasteiger partial charge in [-0.1, -0.05) is 11.2 Å². The van der Waals surface area contributed by atoms with Gasteiger partial charge in [-0.25, -0.2) is 9.37 Å². The molecule has 0 bridgehead atoms. The van der Waals surface area contributed by atoms with E-state index in [0.29, 0.717) is 17.3 Å². The van der Waals surface area contributed by atoms with Crippen LogP contribution in [0.5, 0.6) is 5.88 Å². The number of aryl methyl sites for hydroxylation is 1. The molecule has 1 saturated heterocycles. The lowest BCUT2D eigenvalue weighted by atomic mass is 9.80. The largest absolute Gasteiger partial charge is 0.496 e. The minimum absolute atomic E-state index is 0.227. The number of aromatic nitrogens is 2. The molecule has 2 aromatic heterocycles. The molecule has 3 heterocycles. The Morgan fingerprint density at radius 1 is 1.00 bits per heavy atom. The zero-order chi connectivity index (χ0) is 21.5. The topological polar surface area (TPSA) is 66.6 Å². The molecular weight excluding hydrogens is 386 g/mol. The summed E-state index contributed by atoms with van der Waals surface area (Å²) >= 11 is 0. The zero-order valence-corrected chi connectivity index (χ0v) is 17.7. The molecule has 0 spiro atoms. The minimum atomic E-state index is -0.470. The third-order valence-corrected chi connectivity index (χ3v) is 5.75. The summed E-state index contributed by atoms with van der Waals surface area (Å²) in [6, 6.07) is 9.76. The van der Waals surface area contributed by atoms with Crippen LogP contribution in [-0.2, 0) is 15.9 Å². The summed E-state index contributed by atoms with van der Waals surface area (Å²) in [4.78, 5) is 4.38. The molecule has 6 nitrogen and oxygen atoms in total. The Morgan fingerprint density at radius 2 is 1.67 bits per heavy atom. The molecule has 4 rings (SSSR count). The van der Waals surface area contributed by atoms with Gasteiger partial charge < -0.3 is 18.6 Å². The number of ether oxygens (including phenoxy) is 1. The Labute approximate surface area is 175 Å². The summed E-state index contributed by atoms with van der Waals surface area (Å²) in [7, 11) is -0.470. The minimum Gasteiger partial charge on any atom is -0.473 e. The van der Waals surface area contributed by atoms with Crippen molar-refractivity contribution in [1.29, 1.82) is 0 Å². The summed E-state index contributed by atoms with van der Waals surface area (Å²) in [5.41, 5.74) is 2.19. The SMILES string of the molecule is Cc1onc(-c2ccc(F)cc2)c1COc1ccc(B2OC(C)(C)C(C)(C)O2)cn1. The maximum Gasteiger partial charge on any atom is 0.496 e. The number of nitrogens with zero attached hydrogens (tertiary/aromatic N) is 2. The molecule has 0 N–H and O–H groups in total. The molecule has 1 aliphatic rings. The van der Waals surface area contributed by atoms with Crippen LogP contribution in [0.1, 0.15) is 39.0 Å². The third kappa shape index (κ3) is 3.85. The fourth-order valence-corrected chi connectivity index (χ4v) is 3.14. The smallest absolute Gasteiger partial charge is 0.473 e. The van der Waals surface area contributed by atoms with Crippen molar-refractivity contribution in [1.82, 2.24) is 10.1 Å². The van der Waals surface area contributed by atoms with Crippen molar-refractivity contribution in [2.75, 3.05) is 0 Å². The summed E-state index contributed by atoms with van der Waals surface area (Å²) in [6.07, 6.45) is 1.69. The lowest BCUT2D eigenvalue weighted by molar-refractivity contribution is 0.00578. The van der Waals surface area contributed by atoms with Gasteiger partial charge in [0.2, 0.25) is 5.88 Å². The first kappa shape index (κ1) is 20.6. The van der Waals surface area contributed by atoms with Crippen molar-refractivity contribution in [2.24, 2.45) is 0 Å². The van der Waals surface area contributed by atoms with Crippen molar-refractivity contribution in [3.8, 4) is 17.1 Å². The fourth-order valence-electron chi connectivity index (χ4n) is 3.14. The average Bonchev–Trinajstić information content (AvgIpc) is 3.17. The maximum absolute atomic E-state index is 13.2. The Morgan fingerprint density at radius 3 is 2.27 bits per heavy atom. The zero-order valence-electron chi connectivity index (χ0n) is 17.7. The molecule has 0 radical (unpaired) electrons. The van der Waals surface area contributed by atoms with E-state index >= 15 is 0 Å². The van der Waals surface area contributed by atoms with Crippen molar-refractivity contribution in [3.63, 3.8) is 0 Å². The second kappa shape index (κ2) is 7.52. The van der Waals surface area contributed by atoms with Crippen LogP contribution in [0, 0.1) is 12.7 Å². The van der Waals surface area contributed by atoms with E-state index in [-0.39, 0.29) is 12.4 Å². The average molecular weight is 410 g/mol. The van der Waals surface area contributed by atoms with Gasteiger partial charge in [0, 0.05) is 17.2 Å². The summed E-state index contributed by atoms with van der Waals surface area (Å²) in [5.74, 6) is 0.798. The molecule has 1 aromatic carbocycles. The summed E-state index contributed by atoms with van der Waals surface area (Å²) in [6.45, 7) is 10.1. The molecule has 1 fully saturated rings. The number of halogens is 1. The van der Waals surface area contributed by atoms with Crippen LogP contribution in [0.2, 0.25) is 0 Å². The standard InChI is InChI=1S/C22H24BFN2O4/c1-14-18(20(26-28-14)15-6-9-17(24)10-7-15)13-27-19-11-8-16(12-25-19)23-29-21(2,3)22(4,5)30-23/h6-12H,13H2,1-5H3. The van der Waals surface area contributed by atoms with E-state index in [1.54, 1.807) is 24.4 Å². The van der Waals surface area contributed by atoms with Gasteiger partial charge in [0.05, 0.1) is 16.8 Å². The molecule has 0 atom stereocenters. The first-order valence-electron chi connectivity index (χ1n) is 9.82. The van der Waals surface area contributed by atoms with E-state index in [2.05, 4.69) is 10.1 Å². The quantitative estimate of drug-likeness (QED) is 0.591. The molecule has 156 valence electrons. The highest BCUT2D eigenvalue weighted by Gasteiger charge is 2.51. The Bertz CT molecular complexity index is 1020. The van der Waals surface area contributed by atoms with Gasteiger partial charge in [-0.2, -0.15) is 0 Å². The summed E-state index contributed by atoms with van der Waals surface area (Å²) in [5, 5.41) is 4.09. The predicted octanol–water partition coefficient (Wildman–Crippen LogP) is 4.06. The van der Waals surface area contributed by atoms with Crippen LogP contribution in [0.4, 0.5) is 4.39 Å². The van der Waals surface area contributed by atoms with Gasteiger partial charge in [-0.15, -0.1) is 0 Å². The fraction of sp³-hybridized carbons (Fsp3) is 0.364. The number of benzene rings is 1. The van der Waals surface area contributed by atoms with Crippen molar-refractivity contribution in [2.45, 2.75) is 52.4 Å². The Balaban J connectivity index is 1.46. The molecule has 3 aromatic rings. The van der Waals surface area contributed by atoms with Crippen LogP contribution < -0.4 is 10.2 Å². The Kier molecular flexibility index (Phi) is 5.16. The highest BCUT2D eigenvalue weighted by Crippen LogP contribution is 2.36. The first-order chi connectivity index (χ1) is 14.2. The van der Waals surface area contributed by atoms with E-state index in [9.17, 15) is 4.39 Å². The van der Waals surface area contributed by atoms with E-state index in [1.165, 1.54) is 12.1 Å². The molecule has 1 aliphatic heterocycles. The first-order valence-corrected chi connectivity index (χ1v) is 9.82. The van der Waals surface area contributed by atoms with Gasteiger partial charge in [0.25, 0.3) is 0 Å². The Hall–Kier alpha value is -2.71. The van der Waals surface area contributed by atoms with Gasteiger partial charge in [0.1, 0.15) is 23.9 Å². The summed E-state index contributed by atoms with van der Waals surface area (Å²) < 4.78 is 36.5. The lowest BCUT2D eigenvalue weighted by Crippen LogP contribution is -2.41. The molecule has 0 amide bonds. The van der Waals surface area contributed by atoms with Crippen molar-refractivity contribution in [3.05, 3.63) is 59.7 Å². The molecule has 0 aliphatic carbocycles. The monoisotopic (exact) mass is 410 g/mol. The van der Waals surface area contributed by atoms with Crippen molar-refractivity contribution >= 4 is 12.6 Å². The highest BCUT2D eigenvalue weighted by molar-refractivity contribution is 6.62. The highest BCUT2D eigenvalue weighted by atomic mass is 19.1. The molecule has 0 saturated carbocycles. The van der Waals surface area contributed by atoms with Crippen LogP contribution in [0.15, 0.2) is 47.1 Å². The van der Waals surface area contributed by atoms with Crippen LogP contribution >= 0.6 is 0 Å². The second-order valence-electron chi connectivity index (χ2n) is 8.38. The van der Waals surface area contributed by atoms with E-state index in [4.69, 9.17) is 18.6 Å². The molecule has 30 heavy (non-hydrogen) atoms. The number of pyridine rings is 1. The second-order valence-corrected chi connectivity index (χ2v) is 8.38. The normalized spacial score (nSPS) is 17.3. The van der Waals surface area contributed by atoms with Gasteiger partial charge in [-0.3, -0.25) is 0 Å². The maximum atomic E-state index is 13.2. The van der Waals surface area contributed by atoms with E-state index in [1.807, 2.05) is 40.7 Å². The van der Waals surface area contributed by atoms with Crippen LogP contribution in [0.3, 0.4) is 0 Å². The number of hydrogen-bond donors (Lipinski definition) is 0. The molecule has 0 unspecified atom stereocenters. The predicted molar refractivity (Wildman–Crippen MR) is 111 cm³/mol. The number of hydrogen-bond acceptors (Lipinski definition) is 6. The van der Waals surface area contributed by atoms with E-state index < -0.39 is 18.3 Å². The van der Waals surface area contributed by atoms with Gasteiger partial charge in [-0.05, 0) is 65.0 Å². The lowest BCUT2D eigenvalue weighted by Gasteiger charge is -2.32. The van der Waals surface area contributed by atoms with Crippen LogP contribution in [0.25, 0.3) is 11.3 Å². The third-order valence-electron chi connectivity index (χ3n) is 5.75. The van der Waals surface area contributed by atoms with Gasteiger partial charge in [0.15, 0.2) is 0 Å². The number of rotatable bonds is 5. The molecular formula is C22H24BFN2O4. The van der Waals surface area contributed by atoms with E-state index in [0.717, 1.165) is 16.6 Å². The van der Waals surface area contributed by atoms with Crippen LogP contribution in [-0.4, -0.2) is 28.5 Å².